The van der Waals surface area contributed by atoms with E-state index in [1.807, 2.05) is 17.9 Å². The number of rotatable bonds is 5. The molecule has 138 valence electrons. The van der Waals surface area contributed by atoms with Crippen LogP contribution in [-0.2, 0) is 16.1 Å². The van der Waals surface area contributed by atoms with Gasteiger partial charge < -0.3 is 9.80 Å². The summed E-state index contributed by atoms with van der Waals surface area (Å²) in [5.74, 6) is -0.0338. The van der Waals surface area contributed by atoms with Crippen molar-refractivity contribution in [2.24, 2.45) is 0 Å². The first-order valence-electron chi connectivity index (χ1n) is 9.11. The molecule has 0 N–H and O–H groups in total. The molecule has 0 saturated carbocycles. The molecule has 2 amide bonds. The molecule has 0 aliphatic carbocycles. The van der Waals surface area contributed by atoms with Crippen molar-refractivity contribution in [3.63, 3.8) is 0 Å². The highest BCUT2D eigenvalue weighted by molar-refractivity contribution is 5.87. The van der Waals surface area contributed by atoms with Gasteiger partial charge in [0.2, 0.25) is 11.8 Å². The van der Waals surface area contributed by atoms with Crippen LogP contribution in [-0.4, -0.2) is 51.0 Å². The zero-order chi connectivity index (χ0) is 18.7. The van der Waals surface area contributed by atoms with E-state index in [-0.39, 0.29) is 24.4 Å². The molecule has 1 aromatic heterocycles. The predicted molar refractivity (Wildman–Crippen MR) is 99.5 cm³/mol. The largest absolute Gasteiger partial charge is 0.335 e. The molecular weight excluding hydrogens is 328 g/mol. The fraction of sp³-hybridized carbons (Fsp3) is 0.450. The van der Waals surface area contributed by atoms with Crippen LogP contribution in [0.25, 0.3) is 0 Å². The van der Waals surface area contributed by atoms with Crippen molar-refractivity contribution in [3.05, 3.63) is 53.3 Å². The lowest BCUT2D eigenvalue weighted by molar-refractivity contribution is -0.147. The number of aromatic nitrogens is 2. The average Bonchev–Trinajstić information content (AvgIpc) is 3.14. The van der Waals surface area contributed by atoms with Gasteiger partial charge in [-0.2, -0.15) is 5.10 Å². The van der Waals surface area contributed by atoms with E-state index in [2.05, 4.69) is 37.1 Å². The van der Waals surface area contributed by atoms with E-state index < -0.39 is 0 Å². The van der Waals surface area contributed by atoms with E-state index in [4.69, 9.17) is 0 Å². The van der Waals surface area contributed by atoms with E-state index in [9.17, 15) is 9.59 Å². The number of carbonyl (C=O) groups is 2. The van der Waals surface area contributed by atoms with Crippen LogP contribution in [0, 0.1) is 13.8 Å². The van der Waals surface area contributed by atoms with Crippen molar-refractivity contribution in [2.75, 3.05) is 19.6 Å². The number of amides is 2. The van der Waals surface area contributed by atoms with Gasteiger partial charge in [-0.1, -0.05) is 25.1 Å². The molecule has 6 heteroatoms. The number of piperazine rings is 1. The van der Waals surface area contributed by atoms with Crippen molar-refractivity contribution >= 4 is 11.8 Å². The Bertz CT molecular complexity index is 785. The second kappa shape index (κ2) is 7.72. The Balaban J connectivity index is 1.63. The molecule has 2 heterocycles. The molecule has 0 radical (unpaired) electrons. The molecule has 6 nitrogen and oxygen atoms in total. The van der Waals surface area contributed by atoms with Crippen LogP contribution in [0.1, 0.15) is 36.1 Å². The summed E-state index contributed by atoms with van der Waals surface area (Å²) < 4.78 is 1.67. The maximum absolute atomic E-state index is 12.8. The highest BCUT2D eigenvalue weighted by Crippen LogP contribution is 2.18. The van der Waals surface area contributed by atoms with Crippen LogP contribution in [0.3, 0.4) is 0 Å². The smallest absolute Gasteiger partial charge is 0.247 e. The van der Waals surface area contributed by atoms with Crippen molar-refractivity contribution in [1.82, 2.24) is 19.6 Å². The molecule has 1 saturated heterocycles. The number of hydrogen-bond donors (Lipinski definition) is 0. The third kappa shape index (κ3) is 3.79. The standard InChI is InChI=1S/C20H26N4O2/c1-4-18(24-9-5-8-21-24)20(26)23-11-10-22(19(25)14-23)13-17-7-6-15(2)16(3)12-17/h5-9,12,18H,4,10-11,13-14H2,1-3H3/t18-/m0/s1. The first-order valence-corrected chi connectivity index (χ1v) is 9.11. The van der Waals surface area contributed by atoms with Crippen molar-refractivity contribution in [3.8, 4) is 0 Å². The van der Waals surface area contributed by atoms with Crippen LogP contribution in [0.4, 0.5) is 0 Å². The van der Waals surface area contributed by atoms with Gasteiger partial charge in [0.25, 0.3) is 0 Å². The fourth-order valence-electron chi connectivity index (χ4n) is 3.34. The Labute approximate surface area is 154 Å². The molecule has 2 aromatic rings. The van der Waals surface area contributed by atoms with Gasteiger partial charge >= 0.3 is 0 Å². The molecule has 26 heavy (non-hydrogen) atoms. The van der Waals surface area contributed by atoms with Gasteiger partial charge in [0, 0.05) is 32.0 Å². The molecule has 0 bridgehead atoms. The summed E-state index contributed by atoms with van der Waals surface area (Å²) in [5, 5.41) is 4.18. The van der Waals surface area contributed by atoms with E-state index in [0.29, 0.717) is 26.1 Å². The second-order valence-corrected chi connectivity index (χ2v) is 6.90. The summed E-state index contributed by atoms with van der Waals surface area (Å²) in [6.45, 7) is 7.98. The van der Waals surface area contributed by atoms with Gasteiger partial charge in [0.1, 0.15) is 6.04 Å². The highest BCUT2D eigenvalue weighted by atomic mass is 16.2. The summed E-state index contributed by atoms with van der Waals surface area (Å²) in [5.41, 5.74) is 3.61. The minimum Gasteiger partial charge on any atom is -0.335 e. The Morgan fingerprint density at radius 1 is 1.23 bits per heavy atom. The molecule has 1 aromatic carbocycles. The van der Waals surface area contributed by atoms with E-state index >= 15 is 0 Å². The topological polar surface area (TPSA) is 58.4 Å². The van der Waals surface area contributed by atoms with Gasteiger partial charge in [0.05, 0.1) is 6.54 Å². The van der Waals surface area contributed by atoms with Crippen LogP contribution < -0.4 is 0 Å². The average molecular weight is 354 g/mol. The lowest BCUT2D eigenvalue weighted by Crippen LogP contribution is -2.53. The van der Waals surface area contributed by atoms with Gasteiger partial charge in [0.15, 0.2) is 0 Å². The van der Waals surface area contributed by atoms with Crippen molar-refractivity contribution in [2.45, 2.75) is 39.8 Å². The van der Waals surface area contributed by atoms with Gasteiger partial charge in [-0.3, -0.25) is 14.3 Å². The fourth-order valence-corrected chi connectivity index (χ4v) is 3.34. The monoisotopic (exact) mass is 354 g/mol. The molecule has 1 aliphatic heterocycles. The second-order valence-electron chi connectivity index (χ2n) is 6.90. The third-order valence-corrected chi connectivity index (χ3v) is 5.09. The molecule has 1 aliphatic rings. The zero-order valence-electron chi connectivity index (χ0n) is 15.7. The Morgan fingerprint density at radius 3 is 2.65 bits per heavy atom. The van der Waals surface area contributed by atoms with Crippen molar-refractivity contribution < 1.29 is 9.59 Å². The summed E-state index contributed by atoms with van der Waals surface area (Å²) in [4.78, 5) is 28.9. The minimum atomic E-state index is -0.343. The zero-order valence-corrected chi connectivity index (χ0v) is 15.7. The quantitative estimate of drug-likeness (QED) is 0.828. The van der Waals surface area contributed by atoms with Gasteiger partial charge in [-0.05, 0) is 43.0 Å². The third-order valence-electron chi connectivity index (χ3n) is 5.09. The summed E-state index contributed by atoms with van der Waals surface area (Å²) >= 11 is 0. The summed E-state index contributed by atoms with van der Waals surface area (Å²) in [6.07, 6.45) is 4.12. The van der Waals surface area contributed by atoms with E-state index in [1.165, 1.54) is 11.1 Å². The van der Waals surface area contributed by atoms with Crippen molar-refractivity contribution in [1.29, 1.82) is 0 Å². The minimum absolute atomic E-state index is 0.00172. The van der Waals surface area contributed by atoms with Crippen LogP contribution in [0.2, 0.25) is 0 Å². The van der Waals surface area contributed by atoms with E-state index in [1.54, 1.807) is 22.0 Å². The summed E-state index contributed by atoms with van der Waals surface area (Å²) in [6, 6.07) is 7.75. The van der Waals surface area contributed by atoms with Crippen LogP contribution in [0.15, 0.2) is 36.7 Å². The highest BCUT2D eigenvalue weighted by Gasteiger charge is 2.31. The first kappa shape index (κ1) is 18.2. The van der Waals surface area contributed by atoms with Crippen LogP contribution >= 0.6 is 0 Å². The lowest BCUT2D eigenvalue weighted by Gasteiger charge is -2.36. The van der Waals surface area contributed by atoms with Gasteiger partial charge in [-0.15, -0.1) is 0 Å². The molecule has 0 spiro atoms. The number of nitrogens with zero attached hydrogens (tertiary/aromatic N) is 4. The summed E-state index contributed by atoms with van der Waals surface area (Å²) in [7, 11) is 0. The van der Waals surface area contributed by atoms with Gasteiger partial charge in [-0.25, -0.2) is 0 Å². The number of carbonyl (C=O) groups excluding carboxylic acids is 2. The Hall–Kier alpha value is -2.63. The normalized spacial score (nSPS) is 16.0. The number of benzene rings is 1. The SMILES string of the molecule is CC[C@@H](C(=O)N1CCN(Cc2ccc(C)c(C)c2)C(=O)C1)n1cccn1. The molecule has 1 atom stereocenters. The Morgan fingerprint density at radius 2 is 2.04 bits per heavy atom. The number of aryl methyl sites for hydroxylation is 2. The maximum atomic E-state index is 12.8. The molecule has 1 fully saturated rings. The Kier molecular flexibility index (Phi) is 5.40. The first-order chi connectivity index (χ1) is 12.5. The lowest BCUT2D eigenvalue weighted by atomic mass is 10.1. The number of hydrogen-bond acceptors (Lipinski definition) is 3. The maximum Gasteiger partial charge on any atom is 0.247 e. The predicted octanol–water partition coefficient (Wildman–Crippen LogP) is 2.32. The molecule has 0 unspecified atom stereocenters. The molecule has 3 rings (SSSR count). The van der Waals surface area contributed by atoms with E-state index in [0.717, 1.165) is 5.56 Å². The van der Waals surface area contributed by atoms with Crippen LogP contribution in [0.5, 0.6) is 0 Å². The molecular formula is C20H26N4O2.